The van der Waals surface area contributed by atoms with Crippen molar-refractivity contribution in [3.05, 3.63) is 0 Å². The van der Waals surface area contributed by atoms with Gasteiger partial charge in [0.05, 0.1) is 0 Å². The van der Waals surface area contributed by atoms with E-state index in [1.807, 2.05) is 0 Å². The van der Waals surface area contributed by atoms with Gasteiger partial charge in [-0.25, -0.2) is 0 Å². The summed E-state index contributed by atoms with van der Waals surface area (Å²) in [4.78, 5) is 3.37. The summed E-state index contributed by atoms with van der Waals surface area (Å²) in [6.45, 7) is 0.431. The second kappa shape index (κ2) is 3.42. The maximum atomic E-state index is 4.76. The summed E-state index contributed by atoms with van der Waals surface area (Å²) in [7, 11) is 3.16. The number of hydrogen-bond donors (Lipinski definition) is 0. The van der Waals surface area contributed by atoms with Crippen LogP contribution in [0.15, 0.2) is 4.90 Å². The van der Waals surface area contributed by atoms with Crippen molar-refractivity contribution in [1.82, 2.24) is 0 Å². The Morgan fingerprint density at radius 3 is 2.60 bits per heavy atom. The third-order valence-electron chi connectivity index (χ3n) is 0.203. The van der Waals surface area contributed by atoms with E-state index in [0.717, 1.165) is 0 Å². The molecule has 0 aliphatic carbocycles. The molecule has 5 heavy (non-hydrogen) atoms. The molecule has 0 fully saturated rings. The number of nitrogens with zero attached hydrogens (tertiary/aromatic N) is 1. The molecule has 0 atom stereocenters. The van der Waals surface area contributed by atoms with E-state index in [1.54, 1.807) is 0 Å². The van der Waals surface area contributed by atoms with Gasteiger partial charge in [-0.3, -0.25) is 0 Å². The third kappa shape index (κ3) is 3.42. The van der Waals surface area contributed by atoms with Gasteiger partial charge in [0, 0.05) is 0 Å². The number of rotatable bonds is 1. The van der Waals surface area contributed by atoms with E-state index in [2.05, 4.69) is 18.5 Å². The van der Waals surface area contributed by atoms with Crippen LogP contribution in [-0.2, 0) is 0 Å². The molecule has 0 bridgehead atoms. The zero-order valence-electron chi connectivity index (χ0n) is 2.94. The van der Waals surface area contributed by atoms with E-state index in [9.17, 15) is 0 Å². The molecule has 0 saturated heterocycles. The molecule has 0 aliphatic heterocycles. The molecule has 0 aromatic rings. The van der Waals surface area contributed by atoms with Crippen LogP contribution in [0.5, 0.6) is 0 Å². The molecule has 0 rings (SSSR count). The molecule has 0 N–H and O–H groups in total. The fourth-order valence-electron chi connectivity index (χ4n) is 0.0645. The average molecular weight is 64.9 g/mol. The quantitative estimate of drug-likeness (QED) is 0.294. The van der Waals surface area contributed by atoms with E-state index in [1.165, 1.54) is 0 Å². The van der Waals surface area contributed by atoms with Crippen molar-refractivity contribution in [2.45, 2.75) is 0 Å². The second-order valence-electron chi connectivity index (χ2n) is 0.586. The van der Waals surface area contributed by atoms with Crippen molar-refractivity contribution in [2.75, 3.05) is 6.54 Å². The van der Waals surface area contributed by atoms with Gasteiger partial charge in [0.15, 0.2) is 0 Å². The van der Waals surface area contributed by atoms with Gasteiger partial charge in [-0.05, 0) is 0 Å². The van der Waals surface area contributed by atoms with Crippen molar-refractivity contribution in [3.63, 3.8) is 0 Å². The maximum absolute atomic E-state index is 4.76. The number of terminal acetylenes is 1. The summed E-state index contributed by atoms with van der Waals surface area (Å²) in [5.41, 5.74) is 0. The fraction of sp³-hybridized carbons (Fsp3) is 0.333. The SMILES string of the molecule is B=NCC#C. The third-order valence-corrected chi connectivity index (χ3v) is 0.203. The first-order valence-corrected chi connectivity index (χ1v) is 1.27. The summed E-state index contributed by atoms with van der Waals surface area (Å²) in [6, 6.07) is 0. The Balaban J connectivity index is 2.75. The van der Waals surface area contributed by atoms with Crippen molar-refractivity contribution < 1.29 is 0 Å². The minimum atomic E-state index is 0.431. The van der Waals surface area contributed by atoms with Crippen molar-refractivity contribution >= 4 is 7.64 Å². The van der Waals surface area contributed by atoms with Gasteiger partial charge in [-0.15, -0.1) is 0 Å². The Bertz CT molecular complexity index is 61.8. The zero-order chi connectivity index (χ0) is 4.12. The van der Waals surface area contributed by atoms with Crippen LogP contribution in [0.1, 0.15) is 0 Å². The molecule has 0 aliphatic rings. The molecule has 0 amide bonds. The van der Waals surface area contributed by atoms with Gasteiger partial charge in [0.2, 0.25) is 0 Å². The van der Waals surface area contributed by atoms with Crippen LogP contribution in [-0.4, -0.2) is 14.2 Å². The summed E-state index contributed by atoms with van der Waals surface area (Å²) >= 11 is 0. The Morgan fingerprint density at radius 1 is 2.00 bits per heavy atom. The molecule has 0 radical (unpaired) electrons. The second-order valence-corrected chi connectivity index (χ2v) is 0.586. The summed E-state index contributed by atoms with van der Waals surface area (Å²) in [6.07, 6.45) is 4.76. The normalized spacial score (nSPS) is 5.20. The summed E-state index contributed by atoms with van der Waals surface area (Å²) in [5, 5.41) is 0. The Labute approximate surface area is 32.5 Å². The molecule has 1 nitrogen and oxygen atoms in total. The van der Waals surface area contributed by atoms with Gasteiger partial charge in [0.25, 0.3) is 0 Å². The Morgan fingerprint density at radius 2 is 2.60 bits per heavy atom. The van der Waals surface area contributed by atoms with Crippen LogP contribution >= 0.6 is 0 Å². The van der Waals surface area contributed by atoms with Crippen LogP contribution in [0.4, 0.5) is 0 Å². The van der Waals surface area contributed by atoms with Crippen molar-refractivity contribution in [1.29, 1.82) is 0 Å². The van der Waals surface area contributed by atoms with E-state index >= 15 is 0 Å². The van der Waals surface area contributed by atoms with Gasteiger partial charge in [-0.1, -0.05) is 0 Å². The molecule has 0 aromatic carbocycles. The average Bonchev–Trinajstić information content (AvgIpc) is 1.41. The van der Waals surface area contributed by atoms with Gasteiger partial charge in [0.1, 0.15) is 0 Å². The molecular weight excluding hydrogens is 60.9 g/mol. The Kier molecular flexibility index (Phi) is 3.03. The monoisotopic (exact) mass is 65.0 g/mol. The van der Waals surface area contributed by atoms with E-state index < -0.39 is 0 Å². The minimum absolute atomic E-state index is 0.431. The van der Waals surface area contributed by atoms with E-state index in [-0.39, 0.29) is 0 Å². The van der Waals surface area contributed by atoms with Gasteiger partial charge < -0.3 is 0 Å². The topological polar surface area (TPSA) is 12.4 Å². The molecular formula is C3H4BN. The van der Waals surface area contributed by atoms with E-state index in [0.29, 0.717) is 6.54 Å². The predicted molar refractivity (Wildman–Crippen MR) is 23.3 cm³/mol. The zero-order valence-corrected chi connectivity index (χ0v) is 2.94. The van der Waals surface area contributed by atoms with Crippen LogP contribution in [0.3, 0.4) is 0 Å². The first kappa shape index (κ1) is 4.42. The molecule has 0 aromatic heterocycles. The van der Waals surface area contributed by atoms with Crippen LogP contribution < -0.4 is 0 Å². The predicted octanol–water partition coefficient (Wildman–Crippen LogP) is -0.296. The first-order valence-electron chi connectivity index (χ1n) is 1.27. The van der Waals surface area contributed by atoms with Crippen LogP contribution in [0.25, 0.3) is 0 Å². The van der Waals surface area contributed by atoms with Gasteiger partial charge in [-0.2, -0.15) is 0 Å². The molecule has 2 heteroatoms. The summed E-state index contributed by atoms with van der Waals surface area (Å²) in [5.74, 6) is 2.29. The number of hydrogen-bond acceptors (Lipinski definition) is 1. The molecule has 0 saturated carbocycles. The van der Waals surface area contributed by atoms with E-state index in [4.69, 9.17) is 6.42 Å². The molecule has 0 heterocycles. The van der Waals surface area contributed by atoms with Crippen molar-refractivity contribution in [3.8, 4) is 12.3 Å². The van der Waals surface area contributed by atoms with Crippen molar-refractivity contribution in [2.24, 2.45) is 4.90 Å². The molecule has 24 valence electrons. The first-order chi connectivity index (χ1) is 2.41. The molecule has 0 unspecified atom stereocenters. The molecule has 0 spiro atoms. The Hall–Kier alpha value is -0.575. The van der Waals surface area contributed by atoms with Crippen LogP contribution in [0, 0.1) is 12.3 Å². The van der Waals surface area contributed by atoms with Gasteiger partial charge >= 0.3 is 31.4 Å². The standard InChI is InChI=1S/C3H4BN/c1-2-3-5-4/h1,4H,3H2. The van der Waals surface area contributed by atoms with Crippen LogP contribution in [0.2, 0.25) is 0 Å². The summed E-state index contributed by atoms with van der Waals surface area (Å²) < 4.78 is 0. The fourth-order valence-corrected chi connectivity index (χ4v) is 0.0645.